The van der Waals surface area contributed by atoms with Crippen LogP contribution in [-0.2, 0) is 0 Å². The number of ether oxygens (including phenoxy) is 1. The summed E-state index contributed by atoms with van der Waals surface area (Å²) < 4.78 is 40.0. The minimum Gasteiger partial charge on any atom is -0.406 e. The minimum absolute atomic E-state index is 0.209. The minimum atomic E-state index is -4.66. The predicted molar refractivity (Wildman–Crippen MR) is 58.6 cm³/mol. The normalized spacial score (nSPS) is 11.2. The van der Waals surface area contributed by atoms with E-state index in [9.17, 15) is 13.2 Å². The van der Waals surface area contributed by atoms with Crippen molar-refractivity contribution in [3.8, 4) is 16.9 Å². The molecule has 0 heterocycles. The first-order chi connectivity index (χ1) is 8.04. The van der Waals surface area contributed by atoms with Crippen LogP contribution >= 0.6 is 0 Å². The van der Waals surface area contributed by atoms with E-state index in [1.807, 2.05) is 30.3 Å². The molecule has 0 aliphatic rings. The highest BCUT2D eigenvalue weighted by Crippen LogP contribution is 2.27. The Kier molecular flexibility index (Phi) is 3.04. The van der Waals surface area contributed by atoms with E-state index in [1.165, 1.54) is 18.2 Å². The summed E-state index contributed by atoms with van der Waals surface area (Å²) in [5, 5.41) is 0. The molecule has 0 radical (unpaired) electrons. The third kappa shape index (κ3) is 3.24. The van der Waals surface area contributed by atoms with Crippen molar-refractivity contribution in [2.75, 3.05) is 0 Å². The maximum atomic E-state index is 12.1. The summed E-state index contributed by atoms with van der Waals surface area (Å²) in [5.41, 5.74) is 1.53. The smallest absolute Gasteiger partial charge is 0.406 e. The Bertz CT molecular complexity index is 492. The summed E-state index contributed by atoms with van der Waals surface area (Å²) in [5.74, 6) is -0.209. The van der Waals surface area contributed by atoms with Gasteiger partial charge in [0.25, 0.3) is 0 Å². The molecule has 0 N–H and O–H groups in total. The fraction of sp³-hybridized carbons (Fsp3) is 0.0769. The van der Waals surface area contributed by atoms with Gasteiger partial charge >= 0.3 is 6.36 Å². The highest BCUT2D eigenvalue weighted by Gasteiger charge is 2.31. The molecule has 0 unspecified atom stereocenters. The van der Waals surface area contributed by atoms with Gasteiger partial charge in [-0.25, -0.2) is 0 Å². The van der Waals surface area contributed by atoms with Crippen molar-refractivity contribution < 1.29 is 17.9 Å². The van der Waals surface area contributed by atoms with Gasteiger partial charge in [-0.3, -0.25) is 0 Å². The molecule has 0 amide bonds. The lowest BCUT2D eigenvalue weighted by atomic mass is 10.1. The molecule has 0 saturated heterocycles. The lowest BCUT2D eigenvalue weighted by Gasteiger charge is -2.10. The summed E-state index contributed by atoms with van der Waals surface area (Å²) in [6.07, 6.45) is -4.66. The van der Waals surface area contributed by atoms with Crippen LogP contribution in [0.15, 0.2) is 54.6 Å². The molecule has 2 aromatic rings. The standard InChI is InChI=1S/C13H9F3O/c14-13(15,16)17-12-8-4-7-11(9-12)10-5-2-1-3-6-10/h1-9H. The van der Waals surface area contributed by atoms with Gasteiger partial charge in [-0.05, 0) is 23.3 Å². The average Bonchev–Trinajstić information content (AvgIpc) is 2.28. The summed E-state index contributed by atoms with van der Waals surface area (Å²) in [4.78, 5) is 0. The third-order valence-corrected chi connectivity index (χ3v) is 2.17. The van der Waals surface area contributed by atoms with Gasteiger partial charge < -0.3 is 4.74 Å². The quantitative estimate of drug-likeness (QED) is 0.759. The van der Waals surface area contributed by atoms with Gasteiger partial charge in [0.1, 0.15) is 5.75 Å². The van der Waals surface area contributed by atoms with Gasteiger partial charge in [-0.1, -0.05) is 42.5 Å². The van der Waals surface area contributed by atoms with E-state index in [0.717, 1.165) is 5.56 Å². The molecule has 0 atom stereocenters. The zero-order valence-electron chi connectivity index (χ0n) is 8.74. The molecule has 2 rings (SSSR count). The Morgan fingerprint density at radius 2 is 1.41 bits per heavy atom. The largest absolute Gasteiger partial charge is 0.573 e. The zero-order valence-corrected chi connectivity index (χ0v) is 8.74. The molecule has 17 heavy (non-hydrogen) atoms. The van der Waals surface area contributed by atoms with E-state index < -0.39 is 6.36 Å². The topological polar surface area (TPSA) is 9.23 Å². The van der Waals surface area contributed by atoms with Gasteiger partial charge in [-0.2, -0.15) is 0 Å². The lowest BCUT2D eigenvalue weighted by molar-refractivity contribution is -0.274. The van der Waals surface area contributed by atoms with Crippen molar-refractivity contribution in [2.45, 2.75) is 6.36 Å². The van der Waals surface area contributed by atoms with Gasteiger partial charge in [0.05, 0.1) is 0 Å². The Labute approximate surface area is 96.5 Å². The molecule has 0 aliphatic heterocycles. The van der Waals surface area contributed by atoms with E-state index in [-0.39, 0.29) is 5.75 Å². The summed E-state index contributed by atoms with van der Waals surface area (Å²) in [6, 6.07) is 15.1. The molecular weight excluding hydrogens is 229 g/mol. The summed E-state index contributed by atoms with van der Waals surface area (Å²) in [6.45, 7) is 0. The highest BCUT2D eigenvalue weighted by atomic mass is 19.4. The van der Waals surface area contributed by atoms with Crippen LogP contribution in [0.25, 0.3) is 11.1 Å². The number of benzene rings is 2. The number of hydrogen-bond donors (Lipinski definition) is 0. The maximum absolute atomic E-state index is 12.1. The maximum Gasteiger partial charge on any atom is 0.573 e. The Balaban J connectivity index is 2.29. The molecule has 2 aromatic carbocycles. The van der Waals surface area contributed by atoms with Crippen molar-refractivity contribution in [3.63, 3.8) is 0 Å². The second kappa shape index (κ2) is 4.49. The van der Waals surface area contributed by atoms with E-state index in [4.69, 9.17) is 0 Å². The van der Waals surface area contributed by atoms with Gasteiger partial charge in [0, 0.05) is 0 Å². The van der Waals surface area contributed by atoms with Crippen molar-refractivity contribution in [2.24, 2.45) is 0 Å². The molecule has 0 bridgehead atoms. The Hall–Kier alpha value is -1.97. The molecule has 88 valence electrons. The second-order valence-corrected chi connectivity index (χ2v) is 3.44. The number of rotatable bonds is 2. The van der Waals surface area contributed by atoms with Crippen molar-refractivity contribution >= 4 is 0 Å². The van der Waals surface area contributed by atoms with Crippen molar-refractivity contribution in [3.05, 3.63) is 54.6 Å². The molecule has 0 spiro atoms. The van der Waals surface area contributed by atoms with Crippen LogP contribution in [0.4, 0.5) is 13.2 Å². The van der Waals surface area contributed by atoms with Crippen LogP contribution in [-0.4, -0.2) is 6.36 Å². The predicted octanol–water partition coefficient (Wildman–Crippen LogP) is 4.25. The molecular formula is C13H9F3O. The van der Waals surface area contributed by atoms with Crippen LogP contribution in [0.2, 0.25) is 0 Å². The van der Waals surface area contributed by atoms with Gasteiger partial charge in [0.2, 0.25) is 0 Å². The Morgan fingerprint density at radius 1 is 0.765 bits per heavy atom. The van der Waals surface area contributed by atoms with Gasteiger partial charge in [-0.15, -0.1) is 13.2 Å². The highest BCUT2D eigenvalue weighted by molar-refractivity contribution is 5.64. The van der Waals surface area contributed by atoms with Crippen LogP contribution < -0.4 is 4.74 Å². The fourth-order valence-corrected chi connectivity index (χ4v) is 1.50. The third-order valence-electron chi connectivity index (χ3n) is 2.17. The van der Waals surface area contributed by atoms with Crippen molar-refractivity contribution in [1.29, 1.82) is 0 Å². The van der Waals surface area contributed by atoms with Gasteiger partial charge in [0.15, 0.2) is 0 Å². The number of alkyl halides is 3. The number of halogens is 3. The van der Waals surface area contributed by atoms with E-state index in [0.29, 0.717) is 5.56 Å². The lowest BCUT2D eigenvalue weighted by Crippen LogP contribution is -2.17. The van der Waals surface area contributed by atoms with Crippen LogP contribution in [0, 0.1) is 0 Å². The zero-order chi connectivity index (χ0) is 12.3. The molecule has 0 saturated carbocycles. The average molecular weight is 238 g/mol. The van der Waals surface area contributed by atoms with Crippen molar-refractivity contribution in [1.82, 2.24) is 0 Å². The molecule has 1 nitrogen and oxygen atoms in total. The molecule has 0 aliphatic carbocycles. The molecule has 0 fully saturated rings. The first-order valence-electron chi connectivity index (χ1n) is 4.96. The van der Waals surface area contributed by atoms with E-state index in [1.54, 1.807) is 6.07 Å². The first kappa shape index (κ1) is 11.5. The van der Waals surface area contributed by atoms with E-state index in [2.05, 4.69) is 4.74 Å². The molecule has 4 heteroatoms. The molecule has 0 aromatic heterocycles. The van der Waals surface area contributed by atoms with Crippen LogP contribution in [0.1, 0.15) is 0 Å². The van der Waals surface area contributed by atoms with Crippen LogP contribution in [0.3, 0.4) is 0 Å². The monoisotopic (exact) mass is 238 g/mol. The summed E-state index contributed by atoms with van der Waals surface area (Å²) >= 11 is 0. The summed E-state index contributed by atoms with van der Waals surface area (Å²) in [7, 11) is 0. The SMILES string of the molecule is FC(F)(F)Oc1cccc(-c2ccccc2)c1. The second-order valence-electron chi connectivity index (χ2n) is 3.44. The van der Waals surface area contributed by atoms with Crippen LogP contribution in [0.5, 0.6) is 5.75 Å². The van der Waals surface area contributed by atoms with E-state index >= 15 is 0 Å². The first-order valence-corrected chi connectivity index (χ1v) is 4.96. The Morgan fingerprint density at radius 3 is 2.06 bits per heavy atom. The number of hydrogen-bond acceptors (Lipinski definition) is 1. The fourth-order valence-electron chi connectivity index (χ4n) is 1.50.